The normalized spacial score (nSPS) is 10.2. The second-order valence-corrected chi connectivity index (χ2v) is 9.87. The monoisotopic (exact) mass is 623 g/mol. The van der Waals surface area contributed by atoms with Crippen molar-refractivity contribution >= 4 is 23.6 Å². The second kappa shape index (κ2) is 16.7. The minimum absolute atomic E-state index is 0.299. The summed E-state index contributed by atoms with van der Waals surface area (Å²) < 4.78 is 17.9. The maximum Gasteiger partial charge on any atom is 0.309 e. The molecule has 0 saturated carbocycles. The third kappa shape index (κ3) is 9.11. The Morgan fingerprint density at radius 2 is 1.26 bits per heavy atom. The lowest BCUT2D eigenvalue weighted by molar-refractivity contribution is -0.133. The zero-order chi connectivity index (χ0) is 33.8. The molecule has 0 unspecified atom stereocenters. The van der Waals surface area contributed by atoms with Gasteiger partial charge in [0, 0.05) is 45.4 Å². The van der Waals surface area contributed by atoms with Crippen molar-refractivity contribution in [1.82, 2.24) is 14.4 Å². The van der Waals surface area contributed by atoms with Gasteiger partial charge in [-0.15, -0.1) is 0 Å². The minimum Gasteiger partial charge on any atom is -0.427 e. The average Bonchev–Trinajstić information content (AvgIpc) is 3.37. The molecule has 2 heterocycles. The van der Waals surface area contributed by atoms with Crippen molar-refractivity contribution in [3.8, 4) is 28.6 Å². The van der Waals surface area contributed by atoms with Crippen LogP contribution in [0.2, 0.25) is 0 Å². The number of hydrogen-bond acceptors (Lipinski definition) is 8. The summed E-state index contributed by atoms with van der Waals surface area (Å²) in [6.45, 7) is 13.9. The quantitative estimate of drug-likeness (QED) is 0.128. The molecule has 0 aliphatic carbocycles. The van der Waals surface area contributed by atoms with E-state index in [4.69, 9.17) is 24.2 Å². The number of esters is 3. The van der Waals surface area contributed by atoms with Crippen LogP contribution in [0.25, 0.3) is 16.9 Å². The van der Waals surface area contributed by atoms with E-state index in [0.717, 1.165) is 22.3 Å². The van der Waals surface area contributed by atoms with Gasteiger partial charge in [-0.2, -0.15) is 0 Å². The van der Waals surface area contributed by atoms with Crippen molar-refractivity contribution in [2.24, 2.45) is 0 Å². The molecule has 0 aliphatic rings. The molecule has 0 spiro atoms. The Hall–Kier alpha value is -5.31. The predicted octanol–water partition coefficient (Wildman–Crippen LogP) is 7.71. The predicted molar refractivity (Wildman–Crippen MR) is 178 cm³/mol. The zero-order valence-corrected chi connectivity index (χ0v) is 27.7. The first-order valence-electron chi connectivity index (χ1n) is 15.4. The molecule has 0 N–H and O–H groups in total. The summed E-state index contributed by atoms with van der Waals surface area (Å²) in [6, 6.07) is 22.5. The molecular formula is C37H41N3O6. The van der Waals surface area contributed by atoms with Gasteiger partial charge >= 0.3 is 17.9 Å². The molecule has 240 valence electrons. The van der Waals surface area contributed by atoms with Crippen molar-refractivity contribution in [3.05, 3.63) is 107 Å². The van der Waals surface area contributed by atoms with Crippen LogP contribution in [0.1, 0.15) is 76.5 Å². The van der Waals surface area contributed by atoms with E-state index in [9.17, 15) is 14.4 Å². The van der Waals surface area contributed by atoms with Gasteiger partial charge < -0.3 is 14.2 Å². The van der Waals surface area contributed by atoms with Crippen molar-refractivity contribution in [3.63, 3.8) is 0 Å². The van der Waals surface area contributed by atoms with E-state index in [1.54, 1.807) is 28.8 Å². The molecule has 5 aromatic rings. The average molecular weight is 624 g/mol. The molecule has 0 atom stereocenters. The Bertz CT molecular complexity index is 1790. The van der Waals surface area contributed by atoms with E-state index in [-0.39, 0.29) is 0 Å². The van der Waals surface area contributed by atoms with E-state index in [0.29, 0.717) is 52.9 Å². The SMILES string of the molecule is CC.CC.CC(=O)Oc1ccc(Cc2nc3c(Cc4ccccc4)nc(-c4ccc(OC(C)=O)c(C)c4)cn3c2OC(C)=O)cc1. The van der Waals surface area contributed by atoms with Gasteiger partial charge in [0.1, 0.15) is 17.2 Å². The summed E-state index contributed by atoms with van der Waals surface area (Å²) in [6.07, 6.45) is 2.65. The van der Waals surface area contributed by atoms with Crippen LogP contribution in [-0.2, 0) is 27.2 Å². The number of ether oxygens (including phenoxy) is 3. The van der Waals surface area contributed by atoms with Crippen molar-refractivity contribution in [1.29, 1.82) is 0 Å². The first kappa shape index (κ1) is 35.2. The van der Waals surface area contributed by atoms with Crippen LogP contribution in [0.3, 0.4) is 0 Å². The summed E-state index contributed by atoms with van der Waals surface area (Å²) in [5, 5.41) is 0. The van der Waals surface area contributed by atoms with E-state index >= 15 is 0 Å². The molecule has 0 radical (unpaired) electrons. The number of benzene rings is 3. The molecule has 0 saturated heterocycles. The largest absolute Gasteiger partial charge is 0.427 e. The highest BCUT2D eigenvalue weighted by molar-refractivity contribution is 5.72. The van der Waals surface area contributed by atoms with Gasteiger partial charge in [0.15, 0.2) is 5.65 Å². The maximum absolute atomic E-state index is 12.2. The number of rotatable bonds is 8. The molecule has 5 rings (SSSR count). The fraction of sp³-hybridized carbons (Fsp3) is 0.270. The topological polar surface area (TPSA) is 109 Å². The molecule has 0 aliphatic heterocycles. The van der Waals surface area contributed by atoms with Crippen LogP contribution in [0, 0.1) is 6.92 Å². The molecule has 2 aromatic heterocycles. The zero-order valence-electron chi connectivity index (χ0n) is 27.7. The molecule has 0 bridgehead atoms. The molecular weight excluding hydrogens is 582 g/mol. The first-order valence-corrected chi connectivity index (χ1v) is 15.4. The van der Waals surface area contributed by atoms with Crippen LogP contribution in [0.5, 0.6) is 17.4 Å². The third-order valence-corrected chi connectivity index (χ3v) is 6.44. The lowest BCUT2D eigenvalue weighted by Gasteiger charge is -2.11. The molecule has 9 heteroatoms. The smallest absolute Gasteiger partial charge is 0.309 e. The molecule has 9 nitrogen and oxygen atoms in total. The third-order valence-electron chi connectivity index (χ3n) is 6.44. The summed E-state index contributed by atoms with van der Waals surface area (Å²) in [7, 11) is 0. The molecule has 0 fully saturated rings. The molecule has 46 heavy (non-hydrogen) atoms. The van der Waals surface area contributed by atoms with Crippen molar-refractivity contribution in [2.75, 3.05) is 0 Å². The van der Waals surface area contributed by atoms with Crippen molar-refractivity contribution in [2.45, 2.75) is 68.2 Å². The number of carbonyl (C=O) groups is 3. The summed E-state index contributed by atoms with van der Waals surface area (Å²) in [5.41, 5.74) is 5.96. The number of aryl methyl sites for hydroxylation is 1. The number of aromatic nitrogens is 3. The van der Waals surface area contributed by atoms with Gasteiger partial charge in [0.25, 0.3) is 0 Å². The van der Waals surface area contributed by atoms with Gasteiger partial charge in [-0.05, 0) is 53.9 Å². The van der Waals surface area contributed by atoms with Crippen LogP contribution in [-0.4, -0.2) is 32.3 Å². The molecule has 3 aromatic carbocycles. The van der Waals surface area contributed by atoms with Crippen LogP contribution >= 0.6 is 0 Å². The Balaban J connectivity index is 0.00000139. The summed E-state index contributed by atoms with van der Waals surface area (Å²) in [5.74, 6) is -0.0580. The number of carbonyl (C=O) groups excluding carboxylic acids is 3. The Morgan fingerprint density at radius 3 is 1.85 bits per heavy atom. The summed E-state index contributed by atoms with van der Waals surface area (Å²) >= 11 is 0. The fourth-order valence-electron chi connectivity index (χ4n) is 4.65. The lowest BCUT2D eigenvalue weighted by Crippen LogP contribution is -2.07. The summed E-state index contributed by atoms with van der Waals surface area (Å²) in [4.78, 5) is 44.9. The minimum atomic E-state index is -0.479. The number of nitrogens with zero attached hydrogens (tertiary/aromatic N) is 3. The number of hydrogen-bond donors (Lipinski definition) is 0. The van der Waals surface area contributed by atoms with Crippen LogP contribution in [0.15, 0.2) is 79.0 Å². The van der Waals surface area contributed by atoms with Crippen LogP contribution in [0.4, 0.5) is 0 Å². The lowest BCUT2D eigenvalue weighted by atomic mass is 10.1. The van der Waals surface area contributed by atoms with Gasteiger partial charge in [0.05, 0.1) is 11.4 Å². The standard InChI is InChI=1S/C33H29N3O6.2C2H6/c1-20-16-26(12-15-31(20)41-22(3)38)30-19-36-32(28(34-30)17-24-8-6-5-7-9-24)35-29(33(36)42-23(4)39)18-25-10-13-27(14-11-25)40-21(2)37;2*1-2/h5-16,19H,17-18H2,1-4H3;2*1-2H3. The molecule has 0 amide bonds. The Kier molecular flexibility index (Phi) is 12.8. The maximum atomic E-state index is 12.2. The van der Waals surface area contributed by atoms with E-state index in [1.807, 2.05) is 89.2 Å². The highest BCUT2D eigenvalue weighted by Crippen LogP contribution is 2.31. The van der Waals surface area contributed by atoms with Gasteiger partial charge in [-0.3, -0.25) is 18.8 Å². The Labute approximate surface area is 270 Å². The number of imidazole rings is 1. The highest BCUT2D eigenvalue weighted by atomic mass is 16.5. The van der Waals surface area contributed by atoms with Crippen molar-refractivity contribution < 1.29 is 28.6 Å². The highest BCUT2D eigenvalue weighted by Gasteiger charge is 2.21. The van der Waals surface area contributed by atoms with Crippen LogP contribution < -0.4 is 14.2 Å². The Morgan fingerprint density at radius 1 is 0.674 bits per heavy atom. The van der Waals surface area contributed by atoms with E-state index < -0.39 is 17.9 Å². The van der Waals surface area contributed by atoms with E-state index in [1.165, 1.54) is 20.8 Å². The van der Waals surface area contributed by atoms with Gasteiger partial charge in [0.2, 0.25) is 5.88 Å². The second-order valence-electron chi connectivity index (χ2n) is 9.87. The first-order chi connectivity index (χ1) is 22.2. The number of fused-ring (bicyclic) bond motifs is 1. The van der Waals surface area contributed by atoms with E-state index in [2.05, 4.69) is 0 Å². The van der Waals surface area contributed by atoms with Gasteiger partial charge in [-0.1, -0.05) is 70.2 Å². The van der Waals surface area contributed by atoms with Gasteiger partial charge in [-0.25, -0.2) is 9.97 Å². The fourth-order valence-corrected chi connectivity index (χ4v) is 4.65.